The van der Waals surface area contributed by atoms with Crippen LogP contribution in [0, 0.1) is 0 Å². The highest BCUT2D eigenvalue weighted by Crippen LogP contribution is 2.22. The molecule has 0 radical (unpaired) electrons. The van der Waals surface area contributed by atoms with Gasteiger partial charge in [-0.3, -0.25) is 4.79 Å². The third-order valence-electron chi connectivity index (χ3n) is 1.30. The lowest BCUT2D eigenvalue weighted by atomic mass is 10.2. The van der Waals surface area contributed by atoms with Crippen LogP contribution in [0.25, 0.3) is 10.4 Å². The summed E-state index contributed by atoms with van der Waals surface area (Å²) in [5.41, 5.74) is 8.40. The van der Waals surface area contributed by atoms with E-state index < -0.39 is 5.91 Å². The Morgan fingerprint density at radius 1 is 1.46 bits per heavy atom. The molecule has 1 aromatic rings. The average Bonchev–Trinajstić information content (AvgIpc) is 2.04. The fraction of sp³-hybridized carbons (Fsp3) is 0. The molecule has 1 aromatic carbocycles. The van der Waals surface area contributed by atoms with Gasteiger partial charge in [0.15, 0.2) is 0 Å². The maximum Gasteiger partial charge on any atom is 0.250 e. The van der Waals surface area contributed by atoms with Crippen LogP contribution in [-0.2, 0) is 0 Å². The van der Waals surface area contributed by atoms with Crippen molar-refractivity contribution in [1.82, 2.24) is 0 Å². The Morgan fingerprint density at radius 2 is 2.15 bits per heavy atom. The van der Waals surface area contributed by atoms with E-state index in [-0.39, 0.29) is 0 Å². The van der Waals surface area contributed by atoms with Crippen molar-refractivity contribution in [3.63, 3.8) is 0 Å². The van der Waals surface area contributed by atoms with Gasteiger partial charge in [-0.05, 0) is 28.8 Å². The minimum Gasteiger partial charge on any atom is -0.287 e. The maximum atomic E-state index is 11.1. The van der Waals surface area contributed by atoms with Crippen molar-refractivity contribution in [2.75, 3.05) is 0 Å². The molecular formula is C7H3Br2N3O. The number of hydrogen-bond acceptors (Lipinski definition) is 1. The summed E-state index contributed by atoms with van der Waals surface area (Å²) in [7, 11) is 0. The molecule has 66 valence electrons. The van der Waals surface area contributed by atoms with E-state index in [4.69, 9.17) is 5.53 Å². The number of amides is 1. The van der Waals surface area contributed by atoms with Crippen LogP contribution in [0.2, 0.25) is 0 Å². The number of azide groups is 1. The maximum absolute atomic E-state index is 11.1. The molecule has 0 atom stereocenters. The Morgan fingerprint density at radius 3 is 2.69 bits per heavy atom. The molecule has 0 bridgehead atoms. The summed E-state index contributed by atoms with van der Waals surface area (Å²) in [6, 6.07) is 4.98. The lowest BCUT2D eigenvalue weighted by Crippen LogP contribution is -1.94. The smallest absolute Gasteiger partial charge is 0.250 e. The van der Waals surface area contributed by atoms with Crippen LogP contribution in [0.4, 0.5) is 0 Å². The van der Waals surface area contributed by atoms with E-state index in [1.807, 2.05) is 0 Å². The molecule has 1 rings (SSSR count). The first kappa shape index (κ1) is 10.2. The second-order valence-electron chi connectivity index (χ2n) is 2.12. The highest BCUT2D eigenvalue weighted by atomic mass is 79.9. The van der Waals surface area contributed by atoms with Crippen molar-refractivity contribution < 1.29 is 4.79 Å². The van der Waals surface area contributed by atoms with Crippen molar-refractivity contribution in [3.8, 4) is 0 Å². The minimum absolute atomic E-state index is 0.348. The Hall–Kier alpha value is -0.840. The molecule has 0 saturated heterocycles. The van der Waals surface area contributed by atoms with Gasteiger partial charge in [0.05, 0.1) is 0 Å². The minimum atomic E-state index is -0.595. The number of hydrogen-bond donors (Lipinski definition) is 0. The van der Waals surface area contributed by atoms with Crippen LogP contribution in [0.15, 0.2) is 32.3 Å². The van der Waals surface area contributed by atoms with E-state index in [1.54, 1.807) is 18.2 Å². The zero-order valence-corrected chi connectivity index (χ0v) is 9.41. The number of carbonyl (C=O) groups excluding carboxylic acids is 1. The van der Waals surface area contributed by atoms with Gasteiger partial charge in [0, 0.05) is 19.4 Å². The van der Waals surface area contributed by atoms with Gasteiger partial charge in [0.2, 0.25) is 5.91 Å². The van der Waals surface area contributed by atoms with Crippen molar-refractivity contribution >= 4 is 37.8 Å². The van der Waals surface area contributed by atoms with Crippen LogP contribution in [-0.4, -0.2) is 5.91 Å². The number of rotatable bonds is 1. The largest absolute Gasteiger partial charge is 0.287 e. The predicted octanol–water partition coefficient (Wildman–Crippen LogP) is 3.66. The van der Waals surface area contributed by atoms with Gasteiger partial charge < -0.3 is 0 Å². The second kappa shape index (κ2) is 4.41. The monoisotopic (exact) mass is 303 g/mol. The highest BCUT2D eigenvalue weighted by Gasteiger charge is 2.07. The Labute approximate surface area is 90.8 Å². The highest BCUT2D eigenvalue weighted by molar-refractivity contribution is 9.11. The fourth-order valence-corrected chi connectivity index (χ4v) is 1.97. The molecule has 0 saturated carbocycles. The molecule has 0 aliphatic heterocycles. The molecule has 0 aliphatic carbocycles. The van der Waals surface area contributed by atoms with Crippen molar-refractivity contribution in [2.45, 2.75) is 0 Å². The lowest BCUT2D eigenvalue weighted by Gasteiger charge is -1.98. The SMILES string of the molecule is [N-]=[N+]=NC(=O)c1ccc(Br)cc1Br. The summed E-state index contributed by atoms with van der Waals surface area (Å²) in [5.74, 6) is -0.595. The third kappa shape index (κ3) is 2.55. The van der Waals surface area contributed by atoms with Crippen molar-refractivity contribution in [1.29, 1.82) is 0 Å². The van der Waals surface area contributed by atoms with Gasteiger partial charge in [0.1, 0.15) is 0 Å². The molecule has 6 heteroatoms. The van der Waals surface area contributed by atoms with E-state index >= 15 is 0 Å². The standard InChI is InChI=1S/C7H3Br2N3O/c8-4-1-2-5(6(9)3-4)7(13)11-12-10/h1-3H. The summed E-state index contributed by atoms with van der Waals surface area (Å²) in [6.45, 7) is 0. The first-order valence-corrected chi connectivity index (χ1v) is 4.78. The molecule has 1 amide bonds. The molecule has 0 aromatic heterocycles. The number of benzene rings is 1. The molecule has 0 heterocycles. The second-order valence-corrected chi connectivity index (χ2v) is 3.89. The van der Waals surface area contributed by atoms with E-state index in [2.05, 4.69) is 41.9 Å². The Bertz CT molecular complexity index is 399. The van der Waals surface area contributed by atoms with Gasteiger partial charge in [0.25, 0.3) is 0 Å². The quantitative estimate of drug-likeness (QED) is 0.443. The average molecular weight is 305 g/mol. The summed E-state index contributed by atoms with van der Waals surface area (Å²) in [5, 5.41) is 2.98. The van der Waals surface area contributed by atoms with Gasteiger partial charge >= 0.3 is 0 Å². The van der Waals surface area contributed by atoms with E-state index in [0.717, 1.165) is 4.47 Å². The van der Waals surface area contributed by atoms with Crippen LogP contribution in [0.5, 0.6) is 0 Å². The molecular weight excluding hydrogens is 302 g/mol. The molecule has 0 unspecified atom stereocenters. The number of nitrogens with zero attached hydrogens (tertiary/aromatic N) is 3. The van der Waals surface area contributed by atoms with E-state index in [1.165, 1.54) is 0 Å². The molecule has 13 heavy (non-hydrogen) atoms. The fourth-order valence-electron chi connectivity index (χ4n) is 0.757. The molecule has 0 N–H and O–H groups in total. The summed E-state index contributed by atoms with van der Waals surface area (Å²) in [6.07, 6.45) is 0. The zero-order chi connectivity index (χ0) is 9.84. The number of carbonyl (C=O) groups is 1. The normalized spacial score (nSPS) is 9.08. The van der Waals surface area contributed by atoms with Crippen LogP contribution in [0.1, 0.15) is 10.4 Å². The Balaban J connectivity index is 3.16. The van der Waals surface area contributed by atoms with Crippen molar-refractivity contribution in [3.05, 3.63) is 43.2 Å². The first-order valence-electron chi connectivity index (χ1n) is 3.19. The summed E-state index contributed by atoms with van der Waals surface area (Å²) < 4.78 is 1.44. The summed E-state index contributed by atoms with van der Waals surface area (Å²) in [4.78, 5) is 13.5. The van der Waals surface area contributed by atoms with Gasteiger partial charge in [-0.15, -0.1) is 0 Å². The first-order chi connectivity index (χ1) is 6.15. The topological polar surface area (TPSA) is 65.8 Å². The van der Waals surface area contributed by atoms with E-state index in [0.29, 0.717) is 10.0 Å². The number of halogens is 2. The molecule has 0 spiro atoms. The third-order valence-corrected chi connectivity index (χ3v) is 2.45. The molecule has 4 nitrogen and oxygen atoms in total. The zero-order valence-electron chi connectivity index (χ0n) is 6.24. The van der Waals surface area contributed by atoms with Crippen LogP contribution >= 0.6 is 31.9 Å². The van der Waals surface area contributed by atoms with Crippen LogP contribution in [0.3, 0.4) is 0 Å². The summed E-state index contributed by atoms with van der Waals surface area (Å²) >= 11 is 6.42. The van der Waals surface area contributed by atoms with Gasteiger partial charge in [-0.1, -0.05) is 31.9 Å². The predicted molar refractivity (Wildman–Crippen MR) is 55.3 cm³/mol. The van der Waals surface area contributed by atoms with Crippen LogP contribution < -0.4 is 0 Å². The molecule has 0 fully saturated rings. The van der Waals surface area contributed by atoms with Gasteiger partial charge in [-0.25, -0.2) is 0 Å². The van der Waals surface area contributed by atoms with Crippen molar-refractivity contribution in [2.24, 2.45) is 5.11 Å². The van der Waals surface area contributed by atoms with Gasteiger partial charge in [-0.2, -0.15) is 0 Å². The molecule has 0 aliphatic rings. The lowest BCUT2D eigenvalue weighted by molar-refractivity contribution is 0.0999. The Kier molecular flexibility index (Phi) is 3.48. The van der Waals surface area contributed by atoms with E-state index in [9.17, 15) is 4.79 Å².